The molecule has 1 aliphatic rings. The van der Waals surface area contributed by atoms with Gasteiger partial charge in [0.15, 0.2) is 0 Å². The van der Waals surface area contributed by atoms with Crippen LogP contribution < -0.4 is 4.90 Å². The number of fused-ring (bicyclic) bond motifs is 1. The van der Waals surface area contributed by atoms with Gasteiger partial charge in [0.1, 0.15) is 0 Å². The van der Waals surface area contributed by atoms with Crippen LogP contribution in [0.4, 0.5) is 5.69 Å². The second-order valence-electron chi connectivity index (χ2n) is 7.30. The Bertz CT molecular complexity index is 893. The molecule has 2 aromatic carbocycles. The number of rotatable bonds is 4. The molecule has 1 N–H and O–H groups in total. The molecule has 0 saturated carbocycles. The number of aromatic nitrogens is 1. The molecule has 0 spiro atoms. The van der Waals surface area contributed by atoms with Gasteiger partial charge in [-0.2, -0.15) is 0 Å². The highest BCUT2D eigenvalue weighted by Gasteiger charge is 2.22. The summed E-state index contributed by atoms with van der Waals surface area (Å²) in [4.78, 5) is 4.83. The maximum atomic E-state index is 10.8. The number of para-hydroxylation sites is 2. The van der Waals surface area contributed by atoms with Crippen LogP contribution in [0.5, 0.6) is 0 Å². The number of anilines is 1. The summed E-state index contributed by atoms with van der Waals surface area (Å²) in [6.07, 6.45) is 1.62. The van der Waals surface area contributed by atoms with E-state index in [0.29, 0.717) is 6.54 Å². The number of aliphatic hydroxyl groups excluding tert-OH is 1. The van der Waals surface area contributed by atoms with E-state index in [1.54, 1.807) is 0 Å². The van der Waals surface area contributed by atoms with E-state index in [2.05, 4.69) is 63.9 Å². The zero-order valence-corrected chi connectivity index (χ0v) is 15.6. The van der Waals surface area contributed by atoms with Gasteiger partial charge < -0.3 is 14.6 Å². The Kier molecular flexibility index (Phi) is 4.70. The maximum Gasteiger partial charge on any atom is 0.0937 e. The highest BCUT2D eigenvalue weighted by molar-refractivity contribution is 5.84. The molecular weight excluding hydrogens is 322 g/mol. The molecular formula is C22H27N3O. The number of hydrogen-bond donors (Lipinski definition) is 1. The van der Waals surface area contributed by atoms with Crippen LogP contribution in [-0.4, -0.2) is 47.3 Å². The first-order valence-corrected chi connectivity index (χ1v) is 9.38. The molecule has 3 aromatic rings. The van der Waals surface area contributed by atoms with Crippen LogP contribution in [0.25, 0.3) is 10.9 Å². The zero-order chi connectivity index (χ0) is 18.1. The fourth-order valence-electron chi connectivity index (χ4n) is 4.07. The van der Waals surface area contributed by atoms with Crippen molar-refractivity contribution in [1.29, 1.82) is 0 Å². The first-order valence-electron chi connectivity index (χ1n) is 9.38. The monoisotopic (exact) mass is 349 g/mol. The van der Waals surface area contributed by atoms with E-state index in [1.807, 2.05) is 19.2 Å². The summed E-state index contributed by atoms with van der Waals surface area (Å²) in [6.45, 7) is 6.84. The predicted octanol–water partition coefficient (Wildman–Crippen LogP) is 3.34. The van der Waals surface area contributed by atoms with Crippen LogP contribution in [0, 0.1) is 6.92 Å². The summed E-state index contributed by atoms with van der Waals surface area (Å²) in [5.41, 5.74) is 4.87. The Morgan fingerprint density at radius 3 is 2.42 bits per heavy atom. The van der Waals surface area contributed by atoms with E-state index in [4.69, 9.17) is 0 Å². The first-order chi connectivity index (χ1) is 12.6. The summed E-state index contributed by atoms with van der Waals surface area (Å²) in [7, 11) is 2.04. The van der Waals surface area contributed by atoms with Crippen molar-refractivity contribution in [3.63, 3.8) is 0 Å². The normalized spacial score (nSPS) is 17.0. The van der Waals surface area contributed by atoms with Crippen molar-refractivity contribution in [3.05, 3.63) is 65.9 Å². The van der Waals surface area contributed by atoms with Crippen molar-refractivity contribution in [2.45, 2.75) is 13.0 Å². The van der Waals surface area contributed by atoms with Gasteiger partial charge in [-0.3, -0.25) is 4.90 Å². The molecule has 0 radical (unpaired) electrons. The van der Waals surface area contributed by atoms with E-state index in [0.717, 1.165) is 37.1 Å². The molecule has 0 aliphatic carbocycles. The second-order valence-corrected chi connectivity index (χ2v) is 7.30. The quantitative estimate of drug-likeness (QED) is 0.784. The summed E-state index contributed by atoms with van der Waals surface area (Å²) in [5, 5.41) is 12.0. The van der Waals surface area contributed by atoms with Crippen LogP contribution in [0.15, 0.2) is 54.7 Å². The molecule has 1 aliphatic heterocycles. The number of β-amino-alcohol motifs (C(OH)–C–C–N with tert-alkyl or cyclic N) is 1. The average molecular weight is 349 g/mol. The van der Waals surface area contributed by atoms with Crippen molar-refractivity contribution in [3.8, 4) is 0 Å². The summed E-state index contributed by atoms with van der Waals surface area (Å²) >= 11 is 0. The molecule has 4 heteroatoms. The standard InChI is InChI=1S/C22H27N3O/c1-17-7-3-5-9-20(17)25-13-11-24(12-14-25)16-22(26)19-15-23(2)21-10-6-4-8-18(19)21/h3-10,15,22,26H,11-14,16H2,1-2H3. The third-order valence-electron chi connectivity index (χ3n) is 5.55. The van der Waals surface area contributed by atoms with Gasteiger partial charge in [0.05, 0.1) is 6.10 Å². The number of nitrogens with zero attached hydrogens (tertiary/aromatic N) is 3. The molecule has 1 unspecified atom stereocenters. The molecule has 26 heavy (non-hydrogen) atoms. The van der Waals surface area contributed by atoms with Crippen LogP contribution in [0.1, 0.15) is 17.2 Å². The largest absolute Gasteiger partial charge is 0.387 e. The Balaban J connectivity index is 1.42. The van der Waals surface area contributed by atoms with Crippen LogP contribution in [0.3, 0.4) is 0 Å². The van der Waals surface area contributed by atoms with E-state index in [-0.39, 0.29) is 0 Å². The SMILES string of the molecule is Cc1ccccc1N1CCN(CC(O)c2cn(C)c3ccccc23)CC1. The topological polar surface area (TPSA) is 31.6 Å². The lowest BCUT2D eigenvalue weighted by atomic mass is 10.1. The molecule has 1 fully saturated rings. The minimum Gasteiger partial charge on any atom is -0.387 e. The molecule has 2 heterocycles. The minimum absolute atomic E-state index is 0.453. The van der Waals surface area contributed by atoms with Crippen LogP contribution in [-0.2, 0) is 7.05 Å². The zero-order valence-electron chi connectivity index (χ0n) is 15.6. The highest BCUT2D eigenvalue weighted by Crippen LogP contribution is 2.27. The number of aryl methyl sites for hydroxylation is 2. The van der Waals surface area contributed by atoms with E-state index in [9.17, 15) is 5.11 Å². The van der Waals surface area contributed by atoms with Gasteiger partial charge in [0, 0.05) is 68.1 Å². The lowest BCUT2D eigenvalue weighted by Gasteiger charge is -2.37. The fourth-order valence-corrected chi connectivity index (χ4v) is 4.07. The molecule has 0 bridgehead atoms. The van der Waals surface area contributed by atoms with Crippen LogP contribution in [0.2, 0.25) is 0 Å². The average Bonchev–Trinajstić information content (AvgIpc) is 3.00. The fraction of sp³-hybridized carbons (Fsp3) is 0.364. The van der Waals surface area contributed by atoms with Gasteiger partial charge in [-0.1, -0.05) is 36.4 Å². The van der Waals surface area contributed by atoms with Gasteiger partial charge in [-0.15, -0.1) is 0 Å². The lowest BCUT2D eigenvalue weighted by Crippen LogP contribution is -2.47. The molecule has 0 amide bonds. The number of benzene rings is 2. The van der Waals surface area contributed by atoms with Crippen molar-refractivity contribution in [1.82, 2.24) is 9.47 Å². The number of piperazine rings is 1. The van der Waals surface area contributed by atoms with E-state index < -0.39 is 6.10 Å². The van der Waals surface area contributed by atoms with Gasteiger partial charge in [0.2, 0.25) is 0 Å². The van der Waals surface area contributed by atoms with E-state index in [1.165, 1.54) is 16.8 Å². The predicted molar refractivity (Wildman–Crippen MR) is 108 cm³/mol. The molecule has 1 atom stereocenters. The Hall–Kier alpha value is -2.30. The molecule has 136 valence electrons. The van der Waals surface area contributed by atoms with Gasteiger partial charge in [-0.05, 0) is 24.6 Å². The highest BCUT2D eigenvalue weighted by atomic mass is 16.3. The third-order valence-corrected chi connectivity index (χ3v) is 5.55. The first kappa shape index (κ1) is 17.1. The molecule has 4 nitrogen and oxygen atoms in total. The van der Waals surface area contributed by atoms with Gasteiger partial charge in [0.25, 0.3) is 0 Å². The summed E-state index contributed by atoms with van der Waals surface area (Å²) < 4.78 is 2.10. The van der Waals surface area contributed by atoms with Crippen molar-refractivity contribution < 1.29 is 5.11 Å². The van der Waals surface area contributed by atoms with Crippen molar-refractivity contribution >= 4 is 16.6 Å². The summed E-state index contributed by atoms with van der Waals surface area (Å²) in [6, 6.07) is 16.9. The smallest absolute Gasteiger partial charge is 0.0937 e. The maximum absolute atomic E-state index is 10.8. The molecule has 1 saturated heterocycles. The van der Waals surface area contributed by atoms with Gasteiger partial charge >= 0.3 is 0 Å². The minimum atomic E-state index is -0.453. The summed E-state index contributed by atoms with van der Waals surface area (Å²) in [5.74, 6) is 0. The van der Waals surface area contributed by atoms with Crippen molar-refractivity contribution in [2.24, 2.45) is 7.05 Å². The second kappa shape index (κ2) is 7.14. The van der Waals surface area contributed by atoms with Crippen molar-refractivity contribution in [2.75, 3.05) is 37.6 Å². The van der Waals surface area contributed by atoms with E-state index >= 15 is 0 Å². The lowest BCUT2D eigenvalue weighted by molar-refractivity contribution is 0.110. The molecule has 1 aromatic heterocycles. The Labute approximate surface area is 155 Å². The number of hydrogen-bond acceptors (Lipinski definition) is 3. The Morgan fingerprint density at radius 2 is 1.65 bits per heavy atom. The van der Waals surface area contributed by atoms with Gasteiger partial charge in [-0.25, -0.2) is 0 Å². The molecule has 4 rings (SSSR count). The Morgan fingerprint density at radius 1 is 0.962 bits per heavy atom. The number of aliphatic hydroxyl groups is 1. The third kappa shape index (κ3) is 3.22. The van der Waals surface area contributed by atoms with Crippen LogP contribution >= 0.6 is 0 Å².